The smallest absolute Gasteiger partial charge is 0.225 e. The van der Waals surface area contributed by atoms with Crippen molar-refractivity contribution < 1.29 is 13.2 Å². The van der Waals surface area contributed by atoms with E-state index in [1.54, 1.807) is 12.1 Å². The van der Waals surface area contributed by atoms with Crippen molar-refractivity contribution in [3.8, 4) is 5.88 Å². The largest absolute Gasteiger partial charge is 0.474 e. The lowest BCUT2D eigenvalue weighted by atomic mass is 10.1. The Morgan fingerprint density at radius 3 is 2.47 bits per heavy atom. The first-order chi connectivity index (χ1) is 17.3. The molecule has 0 aliphatic carbocycles. The van der Waals surface area contributed by atoms with E-state index in [0.717, 1.165) is 68.3 Å². The molecule has 2 aromatic heterocycles. The van der Waals surface area contributed by atoms with E-state index < -0.39 is 9.84 Å². The van der Waals surface area contributed by atoms with Crippen LogP contribution in [0.1, 0.15) is 37.8 Å². The second kappa shape index (κ2) is 10.0. The summed E-state index contributed by atoms with van der Waals surface area (Å²) in [6.07, 6.45) is 10.2. The van der Waals surface area contributed by atoms with Gasteiger partial charge < -0.3 is 14.5 Å². The summed E-state index contributed by atoms with van der Waals surface area (Å²) in [6, 6.07) is 7.14. The van der Waals surface area contributed by atoms with E-state index in [9.17, 15) is 8.42 Å². The van der Waals surface area contributed by atoms with Crippen molar-refractivity contribution in [3.05, 3.63) is 54.1 Å². The number of benzene rings is 1. The minimum absolute atomic E-state index is 0.0624. The minimum atomic E-state index is -3.23. The van der Waals surface area contributed by atoms with E-state index in [1.807, 2.05) is 24.5 Å². The highest BCUT2D eigenvalue weighted by molar-refractivity contribution is 7.90. The summed E-state index contributed by atoms with van der Waals surface area (Å²) in [7, 11) is -3.23. The molecule has 0 saturated carbocycles. The molecule has 4 heterocycles. The average molecular weight is 509 g/mol. The summed E-state index contributed by atoms with van der Waals surface area (Å²) in [4.78, 5) is 22.6. The minimum Gasteiger partial charge on any atom is -0.474 e. The van der Waals surface area contributed by atoms with Crippen molar-refractivity contribution in [3.63, 3.8) is 0 Å². The van der Waals surface area contributed by atoms with Gasteiger partial charge in [0.15, 0.2) is 9.84 Å². The number of piperidine rings is 1. The fourth-order valence-corrected chi connectivity index (χ4v) is 5.49. The van der Waals surface area contributed by atoms with Crippen LogP contribution in [0, 0.1) is 5.92 Å². The van der Waals surface area contributed by atoms with Gasteiger partial charge in [-0.1, -0.05) is 13.8 Å². The van der Waals surface area contributed by atoms with Crippen LogP contribution in [0.25, 0.3) is 0 Å². The molecule has 10 heteroatoms. The van der Waals surface area contributed by atoms with Crippen molar-refractivity contribution in [2.24, 2.45) is 5.92 Å². The molecule has 0 N–H and O–H groups in total. The number of aromatic nitrogens is 4. The molecule has 36 heavy (non-hydrogen) atoms. The molecule has 1 saturated heterocycles. The summed E-state index contributed by atoms with van der Waals surface area (Å²) in [5.41, 5.74) is 3.15. The summed E-state index contributed by atoms with van der Waals surface area (Å²) < 4.78 is 30.0. The Kier molecular flexibility index (Phi) is 6.79. The van der Waals surface area contributed by atoms with Gasteiger partial charge in [-0.25, -0.2) is 28.4 Å². The zero-order valence-corrected chi connectivity index (χ0v) is 21.8. The number of hydrogen-bond acceptors (Lipinski definition) is 9. The maximum atomic E-state index is 11.9. The highest BCUT2D eigenvalue weighted by atomic mass is 32.2. The predicted octanol–water partition coefficient (Wildman–Crippen LogP) is 3.61. The van der Waals surface area contributed by atoms with Crippen LogP contribution in [-0.4, -0.2) is 60.3 Å². The topological polar surface area (TPSA) is 101 Å². The van der Waals surface area contributed by atoms with Crippen LogP contribution in [0.5, 0.6) is 5.88 Å². The lowest BCUT2D eigenvalue weighted by Crippen LogP contribution is -2.39. The van der Waals surface area contributed by atoms with E-state index in [0.29, 0.717) is 16.7 Å². The highest BCUT2D eigenvalue weighted by Gasteiger charge is 2.26. The molecule has 0 radical (unpaired) electrons. The van der Waals surface area contributed by atoms with E-state index in [4.69, 9.17) is 4.74 Å². The van der Waals surface area contributed by atoms with Crippen LogP contribution >= 0.6 is 0 Å². The lowest BCUT2D eigenvalue weighted by Gasteiger charge is -2.32. The molecule has 0 atom stereocenters. The molecule has 190 valence electrons. The zero-order valence-electron chi connectivity index (χ0n) is 21.0. The maximum absolute atomic E-state index is 11.9. The van der Waals surface area contributed by atoms with Crippen LogP contribution in [0.4, 0.5) is 17.5 Å². The molecular formula is C26H32N6O3S. The fourth-order valence-electron chi connectivity index (χ4n) is 4.82. The van der Waals surface area contributed by atoms with E-state index in [2.05, 4.69) is 43.6 Å². The lowest BCUT2D eigenvalue weighted by molar-refractivity contribution is 0.163. The summed E-state index contributed by atoms with van der Waals surface area (Å²) in [5.74, 6) is 2.66. The molecule has 0 bridgehead atoms. The Bertz CT molecular complexity index is 1320. The van der Waals surface area contributed by atoms with Crippen molar-refractivity contribution in [1.29, 1.82) is 0 Å². The van der Waals surface area contributed by atoms with Gasteiger partial charge in [-0.3, -0.25) is 0 Å². The van der Waals surface area contributed by atoms with Crippen molar-refractivity contribution in [2.75, 3.05) is 35.7 Å². The predicted molar refractivity (Wildman–Crippen MR) is 139 cm³/mol. The maximum Gasteiger partial charge on any atom is 0.225 e. The Morgan fingerprint density at radius 1 is 1.03 bits per heavy atom. The Labute approximate surface area is 212 Å². The summed E-state index contributed by atoms with van der Waals surface area (Å²) in [6.45, 7) is 6.77. The normalized spacial score (nSPS) is 16.4. The number of rotatable bonds is 7. The second-order valence-corrected chi connectivity index (χ2v) is 12.0. The molecule has 9 nitrogen and oxygen atoms in total. The monoisotopic (exact) mass is 508 g/mol. The number of hydrogen-bond donors (Lipinski definition) is 0. The number of sulfone groups is 1. The standard InChI is InChI=1S/C26H32N6O3S/c1-18(2)12-19-15-27-26(28-16-19)31-9-7-21(8-10-31)35-25-14-24(29-17-30-25)32-11-6-20-13-22(36(3,33)34)4-5-23(20)32/h4-5,13-18,21H,6-12H2,1-3H3. The second-order valence-electron chi connectivity index (χ2n) is 9.97. The number of nitrogens with zero attached hydrogens (tertiary/aromatic N) is 6. The van der Waals surface area contributed by atoms with Gasteiger partial charge in [0.05, 0.1) is 4.90 Å². The first kappa shape index (κ1) is 24.4. The van der Waals surface area contributed by atoms with Crippen molar-refractivity contribution >= 4 is 27.3 Å². The molecule has 0 unspecified atom stereocenters. The van der Waals surface area contributed by atoms with Crippen LogP contribution in [0.3, 0.4) is 0 Å². The Morgan fingerprint density at radius 2 is 1.78 bits per heavy atom. The van der Waals surface area contributed by atoms with Crippen LogP contribution in [0.2, 0.25) is 0 Å². The number of fused-ring (bicyclic) bond motifs is 1. The third-order valence-electron chi connectivity index (χ3n) is 6.63. The van der Waals surface area contributed by atoms with E-state index in [-0.39, 0.29) is 6.10 Å². The van der Waals surface area contributed by atoms with Crippen molar-refractivity contribution in [1.82, 2.24) is 19.9 Å². The quantitative estimate of drug-likeness (QED) is 0.474. The summed E-state index contributed by atoms with van der Waals surface area (Å²) in [5, 5.41) is 0. The van der Waals surface area contributed by atoms with Gasteiger partial charge >= 0.3 is 0 Å². The van der Waals surface area contributed by atoms with Crippen LogP contribution in [-0.2, 0) is 22.7 Å². The molecule has 0 spiro atoms. The Balaban J connectivity index is 1.21. The zero-order chi connectivity index (χ0) is 25.3. The third kappa shape index (κ3) is 5.43. The van der Waals surface area contributed by atoms with Gasteiger partial charge in [0.2, 0.25) is 11.8 Å². The van der Waals surface area contributed by atoms with Gasteiger partial charge in [-0.2, -0.15) is 0 Å². The van der Waals surface area contributed by atoms with Gasteiger partial charge in [0.1, 0.15) is 18.2 Å². The average Bonchev–Trinajstić information content (AvgIpc) is 3.28. The summed E-state index contributed by atoms with van der Waals surface area (Å²) >= 11 is 0. The molecule has 1 fully saturated rings. The van der Waals surface area contributed by atoms with Gasteiger partial charge in [-0.05, 0) is 48.1 Å². The van der Waals surface area contributed by atoms with Crippen molar-refractivity contribution in [2.45, 2.75) is 50.5 Å². The molecular weight excluding hydrogens is 476 g/mol. The Hall–Kier alpha value is -3.27. The number of ether oxygens (including phenoxy) is 1. The number of anilines is 3. The molecule has 5 rings (SSSR count). The van der Waals surface area contributed by atoms with Gasteiger partial charge in [0, 0.05) is 62.9 Å². The van der Waals surface area contributed by atoms with Crippen LogP contribution < -0.4 is 14.5 Å². The first-order valence-corrected chi connectivity index (χ1v) is 14.3. The highest BCUT2D eigenvalue weighted by Crippen LogP contribution is 2.35. The fraction of sp³-hybridized carbons (Fsp3) is 0.462. The molecule has 1 aromatic carbocycles. The molecule has 3 aromatic rings. The van der Waals surface area contributed by atoms with Gasteiger partial charge in [-0.15, -0.1) is 0 Å². The van der Waals surface area contributed by atoms with E-state index in [1.165, 1.54) is 18.1 Å². The molecule has 2 aliphatic heterocycles. The molecule has 2 aliphatic rings. The van der Waals surface area contributed by atoms with E-state index >= 15 is 0 Å². The first-order valence-electron chi connectivity index (χ1n) is 12.4. The SMILES string of the molecule is CC(C)Cc1cnc(N2CCC(Oc3cc(N4CCc5cc(S(C)(=O)=O)ccc54)ncn3)CC2)nc1. The van der Waals surface area contributed by atoms with Crippen LogP contribution in [0.15, 0.2) is 47.9 Å². The third-order valence-corrected chi connectivity index (χ3v) is 7.74. The van der Waals surface area contributed by atoms with Gasteiger partial charge in [0.25, 0.3) is 0 Å². The molecule has 0 amide bonds.